The largest absolute Gasteiger partial charge is 0.370 e. The van der Waals surface area contributed by atoms with Crippen molar-refractivity contribution in [3.05, 3.63) is 24.0 Å². The Morgan fingerprint density at radius 2 is 1.74 bits per heavy atom. The molecule has 0 bridgehead atoms. The summed E-state index contributed by atoms with van der Waals surface area (Å²) >= 11 is 0. The van der Waals surface area contributed by atoms with Crippen molar-refractivity contribution in [1.29, 1.82) is 0 Å². The standard InChI is InChI=1S/C16H29N3/c1-4-7-11-19(12-8-5-2)14-9-10-16(18-13-14)15(17)6-3/h9-10,13,15H,4-8,11-12,17H2,1-3H3/t15-/m1/s1. The highest BCUT2D eigenvalue weighted by atomic mass is 15.1. The molecule has 108 valence electrons. The van der Waals surface area contributed by atoms with Crippen LogP contribution in [0.2, 0.25) is 0 Å². The van der Waals surface area contributed by atoms with Gasteiger partial charge in [0, 0.05) is 19.1 Å². The molecule has 1 heterocycles. The van der Waals surface area contributed by atoms with Gasteiger partial charge in [0.1, 0.15) is 0 Å². The molecule has 0 fully saturated rings. The van der Waals surface area contributed by atoms with Crippen LogP contribution in [0.4, 0.5) is 5.69 Å². The monoisotopic (exact) mass is 263 g/mol. The smallest absolute Gasteiger partial charge is 0.0572 e. The zero-order valence-corrected chi connectivity index (χ0v) is 12.7. The van der Waals surface area contributed by atoms with Crippen LogP contribution < -0.4 is 10.6 Å². The number of rotatable bonds is 9. The van der Waals surface area contributed by atoms with Gasteiger partial charge in [-0.2, -0.15) is 0 Å². The topological polar surface area (TPSA) is 42.1 Å². The lowest BCUT2D eigenvalue weighted by atomic mass is 10.1. The zero-order valence-electron chi connectivity index (χ0n) is 12.7. The summed E-state index contributed by atoms with van der Waals surface area (Å²) in [5.41, 5.74) is 8.23. The predicted octanol–water partition coefficient (Wildman–Crippen LogP) is 3.90. The molecule has 1 atom stereocenters. The lowest BCUT2D eigenvalue weighted by molar-refractivity contribution is 0.665. The van der Waals surface area contributed by atoms with E-state index in [1.165, 1.54) is 31.4 Å². The molecule has 0 unspecified atom stereocenters. The third-order valence-corrected chi connectivity index (χ3v) is 3.52. The van der Waals surface area contributed by atoms with Crippen molar-refractivity contribution in [2.24, 2.45) is 5.73 Å². The van der Waals surface area contributed by atoms with Crippen LogP contribution in [0, 0.1) is 0 Å². The normalized spacial score (nSPS) is 12.4. The van der Waals surface area contributed by atoms with E-state index in [1.807, 2.05) is 6.20 Å². The number of anilines is 1. The van der Waals surface area contributed by atoms with Gasteiger partial charge in [0.15, 0.2) is 0 Å². The van der Waals surface area contributed by atoms with Gasteiger partial charge >= 0.3 is 0 Å². The molecule has 19 heavy (non-hydrogen) atoms. The van der Waals surface area contributed by atoms with Crippen molar-refractivity contribution in [2.75, 3.05) is 18.0 Å². The maximum absolute atomic E-state index is 6.00. The Labute approximate surface area is 118 Å². The summed E-state index contributed by atoms with van der Waals surface area (Å²) in [6, 6.07) is 4.31. The van der Waals surface area contributed by atoms with Crippen LogP contribution in [0.1, 0.15) is 64.6 Å². The fraction of sp³-hybridized carbons (Fsp3) is 0.688. The van der Waals surface area contributed by atoms with E-state index in [0.717, 1.165) is 25.2 Å². The first kappa shape index (κ1) is 16.0. The molecular weight excluding hydrogens is 234 g/mol. The number of aromatic nitrogens is 1. The lowest BCUT2D eigenvalue weighted by Crippen LogP contribution is -2.25. The molecule has 0 aliphatic heterocycles. The first-order valence-corrected chi connectivity index (χ1v) is 7.69. The highest BCUT2D eigenvalue weighted by Crippen LogP contribution is 2.18. The van der Waals surface area contributed by atoms with Crippen molar-refractivity contribution in [3.63, 3.8) is 0 Å². The quantitative estimate of drug-likeness (QED) is 0.734. The lowest BCUT2D eigenvalue weighted by Gasteiger charge is -2.24. The Morgan fingerprint density at radius 3 is 2.16 bits per heavy atom. The average Bonchev–Trinajstić information content (AvgIpc) is 2.47. The second-order valence-corrected chi connectivity index (χ2v) is 5.15. The minimum absolute atomic E-state index is 0.0637. The molecule has 0 amide bonds. The number of unbranched alkanes of at least 4 members (excludes halogenated alkanes) is 2. The van der Waals surface area contributed by atoms with Crippen molar-refractivity contribution in [2.45, 2.75) is 58.9 Å². The van der Waals surface area contributed by atoms with Gasteiger partial charge in [0.05, 0.1) is 17.6 Å². The van der Waals surface area contributed by atoms with Crippen molar-refractivity contribution in [1.82, 2.24) is 4.98 Å². The number of hydrogen-bond donors (Lipinski definition) is 1. The Bertz CT molecular complexity index is 326. The molecule has 0 radical (unpaired) electrons. The van der Waals surface area contributed by atoms with Crippen LogP contribution in [-0.2, 0) is 0 Å². The molecule has 3 heteroatoms. The Kier molecular flexibility index (Phi) is 7.49. The van der Waals surface area contributed by atoms with Crippen LogP contribution in [0.25, 0.3) is 0 Å². The molecule has 1 aromatic heterocycles. The van der Waals surface area contributed by atoms with Gasteiger partial charge in [-0.25, -0.2) is 0 Å². The van der Waals surface area contributed by atoms with Crippen LogP contribution in [0.3, 0.4) is 0 Å². The van der Waals surface area contributed by atoms with Crippen molar-refractivity contribution >= 4 is 5.69 Å². The first-order chi connectivity index (χ1) is 9.22. The van der Waals surface area contributed by atoms with E-state index in [0.29, 0.717) is 0 Å². The van der Waals surface area contributed by atoms with E-state index in [2.05, 4.69) is 42.8 Å². The predicted molar refractivity (Wildman–Crippen MR) is 83.5 cm³/mol. The van der Waals surface area contributed by atoms with Gasteiger partial charge < -0.3 is 10.6 Å². The number of nitrogens with two attached hydrogens (primary N) is 1. The van der Waals surface area contributed by atoms with Gasteiger partial charge in [-0.05, 0) is 31.4 Å². The maximum Gasteiger partial charge on any atom is 0.0572 e. The second kappa shape index (κ2) is 8.92. The van der Waals surface area contributed by atoms with Crippen LogP contribution >= 0.6 is 0 Å². The molecule has 0 aromatic carbocycles. The van der Waals surface area contributed by atoms with Crippen molar-refractivity contribution in [3.8, 4) is 0 Å². The third kappa shape index (κ3) is 5.19. The molecule has 3 nitrogen and oxygen atoms in total. The maximum atomic E-state index is 6.00. The van der Waals surface area contributed by atoms with E-state index in [4.69, 9.17) is 5.73 Å². The molecule has 1 aromatic rings. The fourth-order valence-corrected chi connectivity index (χ4v) is 2.08. The van der Waals surface area contributed by atoms with Gasteiger partial charge in [-0.3, -0.25) is 4.98 Å². The zero-order chi connectivity index (χ0) is 14.1. The number of nitrogens with zero attached hydrogens (tertiary/aromatic N) is 2. The first-order valence-electron chi connectivity index (χ1n) is 7.69. The van der Waals surface area contributed by atoms with Gasteiger partial charge in [0.25, 0.3) is 0 Å². The third-order valence-electron chi connectivity index (χ3n) is 3.52. The van der Waals surface area contributed by atoms with E-state index < -0.39 is 0 Å². The summed E-state index contributed by atoms with van der Waals surface area (Å²) < 4.78 is 0. The van der Waals surface area contributed by atoms with Crippen LogP contribution in [-0.4, -0.2) is 18.1 Å². The van der Waals surface area contributed by atoms with Gasteiger partial charge in [-0.15, -0.1) is 0 Å². The molecule has 0 aliphatic rings. The summed E-state index contributed by atoms with van der Waals surface area (Å²) in [4.78, 5) is 6.97. The summed E-state index contributed by atoms with van der Waals surface area (Å²) in [6.45, 7) is 8.81. The van der Waals surface area contributed by atoms with E-state index in [9.17, 15) is 0 Å². The number of hydrogen-bond acceptors (Lipinski definition) is 3. The van der Waals surface area contributed by atoms with E-state index in [1.54, 1.807) is 0 Å². The number of pyridine rings is 1. The summed E-state index contributed by atoms with van der Waals surface area (Å²) in [5, 5.41) is 0. The minimum Gasteiger partial charge on any atom is -0.370 e. The Morgan fingerprint density at radius 1 is 1.11 bits per heavy atom. The van der Waals surface area contributed by atoms with Gasteiger partial charge in [-0.1, -0.05) is 33.6 Å². The molecular formula is C16H29N3. The minimum atomic E-state index is 0.0637. The Balaban J connectivity index is 2.71. The molecule has 0 spiro atoms. The second-order valence-electron chi connectivity index (χ2n) is 5.15. The highest BCUT2D eigenvalue weighted by molar-refractivity contribution is 5.44. The SMILES string of the molecule is CCCCN(CCCC)c1ccc([C@H](N)CC)nc1. The van der Waals surface area contributed by atoms with Crippen LogP contribution in [0.5, 0.6) is 0 Å². The molecule has 0 saturated carbocycles. The Hall–Kier alpha value is -1.09. The molecule has 2 N–H and O–H groups in total. The summed E-state index contributed by atoms with van der Waals surface area (Å²) in [7, 11) is 0. The average molecular weight is 263 g/mol. The molecule has 1 rings (SSSR count). The summed E-state index contributed by atoms with van der Waals surface area (Å²) in [5.74, 6) is 0. The highest BCUT2D eigenvalue weighted by Gasteiger charge is 2.08. The van der Waals surface area contributed by atoms with Gasteiger partial charge in [0.2, 0.25) is 0 Å². The summed E-state index contributed by atoms with van der Waals surface area (Å²) in [6.07, 6.45) is 7.85. The molecule has 0 saturated heterocycles. The molecule has 0 aliphatic carbocycles. The fourth-order valence-electron chi connectivity index (χ4n) is 2.08. The van der Waals surface area contributed by atoms with Crippen LogP contribution in [0.15, 0.2) is 18.3 Å². The van der Waals surface area contributed by atoms with Crippen molar-refractivity contribution < 1.29 is 0 Å². The van der Waals surface area contributed by atoms with E-state index >= 15 is 0 Å². The van der Waals surface area contributed by atoms with E-state index in [-0.39, 0.29) is 6.04 Å².